The molecule has 4 aromatic rings. The van der Waals surface area contributed by atoms with Crippen LogP contribution in [0.15, 0.2) is 118 Å². The summed E-state index contributed by atoms with van der Waals surface area (Å²) >= 11 is 0. The third kappa shape index (κ3) is 6.84. The van der Waals surface area contributed by atoms with E-state index in [0.717, 1.165) is 55.1 Å². The molecule has 0 bridgehead atoms. The van der Waals surface area contributed by atoms with Crippen molar-refractivity contribution in [3.8, 4) is 23.0 Å². The molecule has 42 heavy (non-hydrogen) atoms. The van der Waals surface area contributed by atoms with Gasteiger partial charge in [-0.05, 0) is 83.5 Å². The maximum Gasteiger partial charge on any atom is 0.123 e. The molecule has 4 heteroatoms. The monoisotopic (exact) mass is 560 g/mol. The lowest BCUT2D eigenvalue weighted by Crippen LogP contribution is -1.99. The van der Waals surface area contributed by atoms with Gasteiger partial charge in [0.1, 0.15) is 29.6 Å². The molecule has 0 atom stereocenters. The number of hydrogen-bond acceptors (Lipinski definition) is 4. The van der Waals surface area contributed by atoms with Gasteiger partial charge in [-0.25, -0.2) is 0 Å². The number of phenols is 3. The quantitative estimate of drug-likeness (QED) is 0.143. The van der Waals surface area contributed by atoms with E-state index in [9.17, 15) is 15.3 Å². The molecule has 0 spiro atoms. The van der Waals surface area contributed by atoms with Gasteiger partial charge in [0.2, 0.25) is 0 Å². The summed E-state index contributed by atoms with van der Waals surface area (Å²) in [6, 6.07) is 13.0. The van der Waals surface area contributed by atoms with Crippen molar-refractivity contribution in [3.05, 3.63) is 146 Å². The zero-order chi connectivity index (χ0) is 30.6. The lowest BCUT2D eigenvalue weighted by atomic mass is 9.92. The first-order chi connectivity index (χ1) is 20.4. The van der Waals surface area contributed by atoms with Crippen LogP contribution in [0.1, 0.15) is 27.8 Å². The molecule has 0 saturated heterocycles. The molecule has 4 nitrogen and oxygen atoms in total. The molecule has 0 aliphatic rings. The van der Waals surface area contributed by atoms with Crippen LogP contribution in [0.25, 0.3) is 21.5 Å². The van der Waals surface area contributed by atoms with Crippen molar-refractivity contribution >= 4 is 21.5 Å². The van der Waals surface area contributed by atoms with Crippen molar-refractivity contribution in [2.24, 2.45) is 0 Å². The summed E-state index contributed by atoms with van der Waals surface area (Å²) in [4.78, 5) is 0. The summed E-state index contributed by atoms with van der Waals surface area (Å²) in [6.07, 6.45) is 13.7. The molecule has 216 valence electrons. The van der Waals surface area contributed by atoms with Crippen molar-refractivity contribution in [3.63, 3.8) is 0 Å². The molecule has 0 saturated carbocycles. The van der Waals surface area contributed by atoms with E-state index >= 15 is 0 Å². The molecule has 0 unspecified atom stereocenters. The number of benzene rings is 4. The third-order valence-corrected chi connectivity index (χ3v) is 7.04. The second-order valence-corrected chi connectivity index (χ2v) is 9.79. The number of hydrogen-bond donors (Lipinski definition) is 3. The summed E-state index contributed by atoms with van der Waals surface area (Å²) in [5, 5.41) is 34.6. The van der Waals surface area contributed by atoms with Crippen LogP contribution in [0.2, 0.25) is 0 Å². The number of aromatic hydroxyl groups is 3. The average Bonchev–Trinajstić information content (AvgIpc) is 2.98. The van der Waals surface area contributed by atoms with E-state index in [-0.39, 0.29) is 11.5 Å². The molecule has 0 radical (unpaired) electrons. The van der Waals surface area contributed by atoms with Crippen molar-refractivity contribution in [1.29, 1.82) is 0 Å². The van der Waals surface area contributed by atoms with Gasteiger partial charge in [0, 0.05) is 22.3 Å². The molecule has 0 aliphatic carbocycles. The van der Waals surface area contributed by atoms with Gasteiger partial charge in [-0.1, -0.05) is 61.2 Å². The summed E-state index contributed by atoms with van der Waals surface area (Å²) in [5.74, 6) is 1.67. The SMILES string of the molecule is C=CCOc1ccc2c(CC=C)c(O)ccc2c1CC=C.C=CCc1cc2c(CC=C)c(O)ccc2c(CC=C)c1O. The molecular weight excluding hydrogens is 520 g/mol. The fourth-order valence-electron chi connectivity index (χ4n) is 5.16. The normalized spacial score (nSPS) is 10.4. The average molecular weight is 561 g/mol. The Hall–Kier alpha value is -4.96. The molecule has 0 fully saturated rings. The van der Waals surface area contributed by atoms with E-state index < -0.39 is 0 Å². The van der Waals surface area contributed by atoms with Gasteiger partial charge in [-0.3, -0.25) is 0 Å². The minimum Gasteiger partial charge on any atom is -0.508 e. The second-order valence-electron chi connectivity index (χ2n) is 9.79. The topological polar surface area (TPSA) is 69.9 Å². The highest BCUT2D eigenvalue weighted by Crippen LogP contribution is 2.38. The molecule has 0 amide bonds. The van der Waals surface area contributed by atoms with Gasteiger partial charge >= 0.3 is 0 Å². The van der Waals surface area contributed by atoms with E-state index in [4.69, 9.17) is 4.74 Å². The van der Waals surface area contributed by atoms with E-state index in [2.05, 4.69) is 39.5 Å². The van der Waals surface area contributed by atoms with Crippen LogP contribution in [-0.2, 0) is 32.1 Å². The lowest BCUT2D eigenvalue weighted by molar-refractivity contribution is 0.360. The van der Waals surface area contributed by atoms with Crippen LogP contribution in [0.3, 0.4) is 0 Å². The van der Waals surface area contributed by atoms with Crippen LogP contribution >= 0.6 is 0 Å². The van der Waals surface area contributed by atoms with Crippen molar-refractivity contribution < 1.29 is 20.1 Å². The van der Waals surface area contributed by atoms with Gasteiger partial charge in [0.25, 0.3) is 0 Å². The van der Waals surface area contributed by atoms with Gasteiger partial charge in [0.05, 0.1) is 0 Å². The largest absolute Gasteiger partial charge is 0.508 e. The van der Waals surface area contributed by atoms with Crippen LogP contribution < -0.4 is 4.74 Å². The fraction of sp³-hybridized carbons (Fsp3) is 0.158. The summed E-state index contributed by atoms with van der Waals surface area (Å²) in [5.41, 5.74) is 4.45. The number of ether oxygens (including phenoxy) is 1. The Bertz CT molecular complexity index is 1640. The van der Waals surface area contributed by atoms with Crippen LogP contribution in [0, 0.1) is 0 Å². The van der Waals surface area contributed by atoms with Crippen LogP contribution in [0.5, 0.6) is 23.0 Å². The van der Waals surface area contributed by atoms with E-state index in [1.165, 1.54) is 0 Å². The number of allylic oxidation sites excluding steroid dienone is 5. The molecular formula is C38H40O4. The van der Waals surface area contributed by atoms with E-state index in [1.54, 1.807) is 42.5 Å². The Kier molecular flexibility index (Phi) is 11.4. The Balaban J connectivity index is 0.000000230. The van der Waals surface area contributed by atoms with Gasteiger partial charge in [-0.2, -0.15) is 0 Å². The minimum absolute atomic E-state index is 0.252. The fourth-order valence-corrected chi connectivity index (χ4v) is 5.16. The molecule has 0 aliphatic heterocycles. The maximum atomic E-state index is 10.5. The van der Waals surface area contributed by atoms with Gasteiger partial charge < -0.3 is 20.1 Å². The Morgan fingerprint density at radius 3 is 1.50 bits per heavy atom. The zero-order valence-electron chi connectivity index (χ0n) is 24.2. The molecule has 0 heterocycles. The summed E-state index contributed by atoms with van der Waals surface area (Å²) < 4.78 is 5.73. The molecule has 4 rings (SSSR count). The Morgan fingerprint density at radius 2 is 0.952 bits per heavy atom. The van der Waals surface area contributed by atoms with Gasteiger partial charge in [-0.15, -0.1) is 32.9 Å². The van der Waals surface area contributed by atoms with Crippen LogP contribution in [0.4, 0.5) is 0 Å². The standard InChI is InChI=1S/2C19H20O2/c1-4-7-16-14-10-12-19(21-13-6-3)17(8-5-2)15(14)9-11-18(16)20;1-4-7-13-12-17-14(16(9-6-3)19(13)21)10-11-18(20)15(17)8-5-2/h4-6,9-12,20H,1-3,7-8,13H2;4-6,10-12,20-21H,1-3,7-9H2. The minimum atomic E-state index is 0.252. The van der Waals surface area contributed by atoms with Crippen molar-refractivity contribution in [2.75, 3.05) is 6.61 Å². The first-order valence-electron chi connectivity index (χ1n) is 13.9. The van der Waals surface area contributed by atoms with Crippen molar-refractivity contribution in [1.82, 2.24) is 0 Å². The van der Waals surface area contributed by atoms with Crippen LogP contribution in [-0.4, -0.2) is 21.9 Å². The smallest absolute Gasteiger partial charge is 0.123 e. The summed E-state index contributed by atoms with van der Waals surface area (Å²) in [7, 11) is 0. The predicted molar refractivity (Wildman–Crippen MR) is 178 cm³/mol. The Morgan fingerprint density at radius 1 is 0.500 bits per heavy atom. The molecule has 0 aromatic heterocycles. The highest BCUT2D eigenvalue weighted by atomic mass is 16.5. The zero-order valence-corrected chi connectivity index (χ0v) is 24.2. The number of phenolic OH excluding ortho intramolecular Hbond substituents is 3. The number of rotatable bonds is 13. The van der Waals surface area contributed by atoms with Crippen molar-refractivity contribution in [2.45, 2.75) is 32.1 Å². The van der Waals surface area contributed by atoms with E-state index in [1.807, 2.05) is 36.4 Å². The maximum absolute atomic E-state index is 10.5. The number of fused-ring (bicyclic) bond motifs is 2. The third-order valence-electron chi connectivity index (χ3n) is 7.04. The highest BCUT2D eigenvalue weighted by Gasteiger charge is 2.15. The van der Waals surface area contributed by atoms with E-state index in [0.29, 0.717) is 44.5 Å². The second kappa shape index (κ2) is 15.2. The van der Waals surface area contributed by atoms with Gasteiger partial charge in [0.15, 0.2) is 0 Å². The molecule has 3 N–H and O–H groups in total. The predicted octanol–water partition coefficient (Wildman–Crippen LogP) is 9.00. The molecule has 4 aromatic carbocycles. The summed E-state index contributed by atoms with van der Waals surface area (Å²) in [6.45, 7) is 23.0. The first-order valence-corrected chi connectivity index (χ1v) is 13.9. The lowest BCUT2D eigenvalue weighted by Gasteiger charge is -2.15. The first kappa shape index (κ1) is 31.6. The Labute approximate surface area is 249 Å². The highest BCUT2D eigenvalue weighted by molar-refractivity contribution is 5.94.